The quantitative estimate of drug-likeness (QED) is 0.548. The van der Waals surface area contributed by atoms with Crippen LogP contribution in [0.3, 0.4) is 0 Å². The van der Waals surface area contributed by atoms with Gasteiger partial charge in [0.25, 0.3) is 0 Å². The molecule has 1 N–H and O–H groups in total. The average Bonchev–Trinajstić information content (AvgIpc) is 1.85. The third-order valence-corrected chi connectivity index (χ3v) is 1.28. The molecule has 0 aromatic heterocycles. The van der Waals surface area contributed by atoms with E-state index in [0.29, 0.717) is 0 Å². The average molecular weight is 126 g/mol. The molecule has 9 heavy (non-hydrogen) atoms. The lowest BCUT2D eigenvalue weighted by Gasteiger charge is -1.97. The van der Waals surface area contributed by atoms with E-state index in [2.05, 4.69) is 13.8 Å². The Kier molecular flexibility index (Phi) is 5.59. The summed E-state index contributed by atoms with van der Waals surface area (Å²) in [5, 5.41) is 7.36. The third-order valence-electron chi connectivity index (χ3n) is 1.28. The summed E-state index contributed by atoms with van der Waals surface area (Å²) in [5.74, 6) is 0. The van der Waals surface area contributed by atoms with Crippen LogP contribution in [0.15, 0.2) is 0 Å². The molecule has 0 amide bonds. The number of hydrogen-bond donors (Lipinski definition) is 1. The summed E-state index contributed by atoms with van der Waals surface area (Å²) in [4.78, 5) is 0. The number of hydrogen-bond acceptors (Lipinski definition) is 1. The summed E-state index contributed by atoms with van der Waals surface area (Å²) >= 11 is 0. The summed E-state index contributed by atoms with van der Waals surface area (Å²) in [5.41, 5.74) is 0.890. The zero-order chi connectivity index (χ0) is 7.11. The first kappa shape index (κ1) is 8.67. The highest BCUT2D eigenvalue weighted by molar-refractivity contribution is 5.81. The maximum Gasteiger partial charge on any atom is 0.00890 e. The molecule has 0 atom stereocenters. The third kappa shape index (κ3) is 5.54. The zero-order valence-electron chi connectivity index (χ0n) is 6.24. The molecule has 0 bridgehead atoms. The second-order valence-electron chi connectivity index (χ2n) is 2.31. The molecule has 0 saturated carbocycles. The highest BCUT2D eigenvalue weighted by Crippen LogP contribution is 1.99. The van der Waals surface area contributed by atoms with E-state index >= 15 is 0 Å². The highest BCUT2D eigenvalue weighted by Gasteiger charge is 1.92. The van der Waals surface area contributed by atoms with Gasteiger partial charge in [-0.15, -0.1) is 0 Å². The predicted molar refractivity (Wildman–Crippen MR) is 41.8 cm³/mol. The van der Waals surface area contributed by atoms with Gasteiger partial charge in [-0.05, 0) is 19.3 Å². The van der Waals surface area contributed by atoms with Gasteiger partial charge in [-0.3, -0.25) is 0 Å². The van der Waals surface area contributed by atoms with Crippen molar-refractivity contribution in [3.05, 3.63) is 6.92 Å². The lowest BCUT2D eigenvalue weighted by molar-refractivity contribution is 0.852. The molecular formula is C8H16N. The van der Waals surface area contributed by atoms with Gasteiger partial charge in [0, 0.05) is 5.71 Å². The molecular weight excluding hydrogens is 110 g/mol. The lowest BCUT2D eigenvalue weighted by Crippen LogP contribution is -1.93. The van der Waals surface area contributed by atoms with Crippen molar-refractivity contribution in [3.8, 4) is 0 Å². The van der Waals surface area contributed by atoms with Crippen LogP contribution in [-0.4, -0.2) is 5.71 Å². The Bertz CT molecular complexity index is 76.6. The van der Waals surface area contributed by atoms with E-state index in [-0.39, 0.29) is 0 Å². The second-order valence-corrected chi connectivity index (χ2v) is 2.31. The Morgan fingerprint density at radius 1 is 1.44 bits per heavy atom. The maximum absolute atomic E-state index is 7.36. The molecule has 1 nitrogen and oxygen atoms in total. The van der Waals surface area contributed by atoms with Crippen molar-refractivity contribution in [2.24, 2.45) is 0 Å². The van der Waals surface area contributed by atoms with Crippen LogP contribution < -0.4 is 0 Å². The van der Waals surface area contributed by atoms with Crippen LogP contribution in [0.25, 0.3) is 0 Å². The smallest absolute Gasteiger partial charge is 0.00890 e. The topological polar surface area (TPSA) is 23.9 Å². The molecule has 0 unspecified atom stereocenters. The van der Waals surface area contributed by atoms with Crippen LogP contribution in [0.2, 0.25) is 0 Å². The molecule has 0 aromatic carbocycles. The summed E-state index contributed by atoms with van der Waals surface area (Å²) in [7, 11) is 0. The van der Waals surface area contributed by atoms with E-state index in [9.17, 15) is 0 Å². The monoisotopic (exact) mass is 126 g/mol. The highest BCUT2D eigenvalue weighted by atomic mass is 14.4. The fraction of sp³-hybridized carbons (Fsp3) is 0.750. The van der Waals surface area contributed by atoms with Crippen LogP contribution >= 0.6 is 0 Å². The summed E-state index contributed by atoms with van der Waals surface area (Å²) in [6, 6.07) is 0. The summed E-state index contributed by atoms with van der Waals surface area (Å²) in [6.45, 7) is 5.83. The van der Waals surface area contributed by atoms with Crippen LogP contribution in [-0.2, 0) is 0 Å². The first-order valence-electron chi connectivity index (χ1n) is 3.66. The largest absolute Gasteiger partial charge is 0.310 e. The van der Waals surface area contributed by atoms with Crippen molar-refractivity contribution in [3.63, 3.8) is 0 Å². The predicted octanol–water partition coefficient (Wildman–Crippen LogP) is 2.81. The van der Waals surface area contributed by atoms with Gasteiger partial charge < -0.3 is 5.41 Å². The standard InChI is InChI=1S/C8H16N/c1-3-5-7-8(9)6-4-2/h9H,1,3-7H2,2H3. The SMILES string of the molecule is [CH2]CCCC(=N)CCC. The van der Waals surface area contributed by atoms with Crippen molar-refractivity contribution < 1.29 is 0 Å². The maximum atomic E-state index is 7.36. The molecule has 1 radical (unpaired) electrons. The normalized spacial score (nSPS) is 9.56. The molecule has 0 spiro atoms. The Balaban J connectivity index is 3.06. The van der Waals surface area contributed by atoms with E-state index in [1.807, 2.05) is 0 Å². The minimum Gasteiger partial charge on any atom is -0.310 e. The molecule has 0 aliphatic heterocycles. The zero-order valence-corrected chi connectivity index (χ0v) is 6.24. The molecule has 0 heterocycles. The first-order valence-corrected chi connectivity index (χ1v) is 3.66. The van der Waals surface area contributed by atoms with Gasteiger partial charge in [0.15, 0.2) is 0 Å². The number of nitrogens with one attached hydrogen (secondary N) is 1. The van der Waals surface area contributed by atoms with Gasteiger partial charge in [-0.1, -0.05) is 26.7 Å². The molecule has 0 fully saturated rings. The van der Waals surface area contributed by atoms with Gasteiger partial charge in [-0.2, -0.15) is 0 Å². The minimum atomic E-state index is 0.890. The van der Waals surface area contributed by atoms with Crippen LogP contribution in [0.4, 0.5) is 0 Å². The van der Waals surface area contributed by atoms with E-state index in [1.165, 1.54) is 0 Å². The Labute approximate surface area is 58.0 Å². The van der Waals surface area contributed by atoms with Gasteiger partial charge in [0.2, 0.25) is 0 Å². The van der Waals surface area contributed by atoms with E-state index in [4.69, 9.17) is 5.41 Å². The van der Waals surface area contributed by atoms with Crippen molar-refractivity contribution in [2.75, 3.05) is 0 Å². The van der Waals surface area contributed by atoms with Crippen molar-refractivity contribution >= 4 is 5.71 Å². The van der Waals surface area contributed by atoms with Crippen molar-refractivity contribution in [2.45, 2.75) is 39.0 Å². The first-order chi connectivity index (χ1) is 4.31. The Morgan fingerprint density at radius 2 is 2.11 bits per heavy atom. The van der Waals surface area contributed by atoms with Gasteiger partial charge in [0.1, 0.15) is 0 Å². The molecule has 0 aliphatic rings. The molecule has 53 valence electrons. The Hall–Kier alpha value is -0.330. The van der Waals surface area contributed by atoms with Gasteiger partial charge in [0.05, 0.1) is 0 Å². The van der Waals surface area contributed by atoms with Crippen LogP contribution in [0.5, 0.6) is 0 Å². The lowest BCUT2D eigenvalue weighted by atomic mass is 10.1. The van der Waals surface area contributed by atoms with Crippen LogP contribution in [0, 0.1) is 12.3 Å². The number of unbranched alkanes of at least 4 members (excludes halogenated alkanes) is 1. The van der Waals surface area contributed by atoms with Gasteiger partial charge >= 0.3 is 0 Å². The molecule has 1 heteroatoms. The summed E-state index contributed by atoms with van der Waals surface area (Å²) < 4.78 is 0. The fourth-order valence-electron chi connectivity index (χ4n) is 0.765. The van der Waals surface area contributed by atoms with Crippen molar-refractivity contribution in [1.29, 1.82) is 5.41 Å². The van der Waals surface area contributed by atoms with E-state index in [0.717, 1.165) is 37.8 Å². The second kappa shape index (κ2) is 5.80. The Morgan fingerprint density at radius 3 is 2.56 bits per heavy atom. The molecule has 0 saturated heterocycles. The van der Waals surface area contributed by atoms with E-state index < -0.39 is 0 Å². The molecule has 0 aromatic rings. The van der Waals surface area contributed by atoms with E-state index in [1.54, 1.807) is 0 Å². The molecule has 0 rings (SSSR count). The molecule has 0 aliphatic carbocycles. The fourth-order valence-corrected chi connectivity index (χ4v) is 0.765. The number of rotatable bonds is 5. The van der Waals surface area contributed by atoms with Crippen molar-refractivity contribution in [1.82, 2.24) is 0 Å². The van der Waals surface area contributed by atoms with Gasteiger partial charge in [-0.25, -0.2) is 0 Å². The minimum absolute atomic E-state index is 0.890. The summed E-state index contributed by atoms with van der Waals surface area (Å²) in [6.07, 6.45) is 5.08. The van der Waals surface area contributed by atoms with Crippen LogP contribution in [0.1, 0.15) is 39.0 Å².